The van der Waals surface area contributed by atoms with Crippen LogP contribution in [0, 0.1) is 6.92 Å². The van der Waals surface area contributed by atoms with Crippen molar-refractivity contribution in [1.82, 2.24) is 5.16 Å². The summed E-state index contributed by atoms with van der Waals surface area (Å²) in [5.74, 6) is 1.53. The molecule has 17 heavy (non-hydrogen) atoms. The summed E-state index contributed by atoms with van der Waals surface area (Å²) in [6.07, 6.45) is 1.56. The second-order valence-corrected chi connectivity index (χ2v) is 3.65. The average Bonchev–Trinajstić information content (AvgIpc) is 2.74. The van der Waals surface area contributed by atoms with Crippen LogP contribution in [-0.2, 0) is 0 Å². The number of ether oxygens (including phenoxy) is 2. The number of methoxy groups -OCH3 is 2. The number of rotatable bonds is 3. The summed E-state index contributed by atoms with van der Waals surface area (Å²) in [6.45, 7) is 1.97. The van der Waals surface area contributed by atoms with Crippen molar-refractivity contribution >= 4 is 5.88 Å². The van der Waals surface area contributed by atoms with E-state index in [1.807, 2.05) is 19.1 Å². The first-order chi connectivity index (χ1) is 8.17. The van der Waals surface area contributed by atoms with Crippen molar-refractivity contribution in [3.8, 4) is 22.6 Å². The molecule has 90 valence electrons. The molecule has 2 aromatic rings. The van der Waals surface area contributed by atoms with E-state index in [9.17, 15) is 0 Å². The Balaban J connectivity index is 2.68. The van der Waals surface area contributed by atoms with Gasteiger partial charge < -0.3 is 19.7 Å². The lowest BCUT2D eigenvalue weighted by Crippen LogP contribution is -1.95. The summed E-state index contributed by atoms with van der Waals surface area (Å²) in [5.41, 5.74) is 8.26. The molecule has 0 amide bonds. The molecule has 5 heteroatoms. The van der Waals surface area contributed by atoms with Crippen LogP contribution in [-0.4, -0.2) is 19.4 Å². The molecule has 0 bridgehead atoms. The molecular formula is C12H14N2O3. The van der Waals surface area contributed by atoms with Gasteiger partial charge in [-0.3, -0.25) is 0 Å². The number of nitrogen functional groups attached to an aromatic ring is 1. The topological polar surface area (TPSA) is 70.5 Å². The van der Waals surface area contributed by atoms with Crippen LogP contribution >= 0.6 is 0 Å². The Morgan fingerprint density at radius 1 is 1.18 bits per heavy atom. The van der Waals surface area contributed by atoms with E-state index >= 15 is 0 Å². The maximum absolute atomic E-state index is 5.71. The van der Waals surface area contributed by atoms with Crippen LogP contribution in [0.15, 0.2) is 22.9 Å². The zero-order chi connectivity index (χ0) is 12.4. The Kier molecular flexibility index (Phi) is 2.91. The van der Waals surface area contributed by atoms with Gasteiger partial charge in [-0.05, 0) is 24.6 Å². The highest BCUT2D eigenvalue weighted by Gasteiger charge is 2.17. The third-order valence-corrected chi connectivity index (χ3v) is 2.51. The van der Waals surface area contributed by atoms with Crippen LogP contribution < -0.4 is 15.2 Å². The number of aryl methyl sites for hydroxylation is 1. The van der Waals surface area contributed by atoms with E-state index in [0.29, 0.717) is 17.1 Å². The fraction of sp³-hybridized carbons (Fsp3) is 0.250. The van der Waals surface area contributed by atoms with Gasteiger partial charge in [0.2, 0.25) is 5.88 Å². The van der Waals surface area contributed by atoms with E-state index < -0.39 is 0 Å². The first-order valence-corrected chi connectivity index (χ1v) is 5.10. The Hall–Kier alpha value is -2.17. The Morgan fingerprint density at radius 3 is 2.47 bits per heavy atom. The molecule has 0 unspecified atom stereocenters. The number of benzene rings is 1. The van der Waals surface area contributed by atoms with Gasteiger partial charge in [-0.25, -0.2) is 0 Å². The van der Waals surface area contributed by atoms with Crippen LogP contribution in [0.2, 0.25) is 0 Å². The van der Waals surface area contributed by atoms with Crippen molar-refractivity contribution in [2.75, 3.05) is 20.0 Å². The molecule has 1 aromatic carbocycles. The predicted octanol–water partition coefficient (Wildman–Crippen LogP) is 2.25. The number of anilines is 1. The number of aromatic nitrogens is 1. The number of nitrogens with zero attached hydrogens (tertiary/aromatic N) is 1. The highest BCUT2D eigenvalue weighted by molar-refractivity contribution is 5.80. The Labute approximate surface area is 99.1 Å². The smallest absolute Gasteiger partial charge is 0.230 e. The molecule has 0 spiro atoms. The molecule has 2 rings (SSSR count). The van der Waals surface area contributed by atoms with Crippen LogP contribution in [0.4, 0.5) is 5.88 Å². The van der Waals surface area contributed by atoms with Crippen molar-refractivity contribution < 1.29 is 14.0 Å². The number of hydrogen-bond donors (Lipinski definition) is 1. The second-order valence-electron chi connectivity index (χ2n) is 3.65. The minimum atomic E-state index is 0.260. The molecule has 2 N–H and O–H groups in total. The summed E-state index contributed by atoms with van der Waals surface area (Å²) >= 11 is 0. The van der Waals surface area contributed by atoms with E-state index in [1.165, 1.54) is 0 Å². The average molecular weight is 234 g/mol. The lowest BCUT2D eigenvalue weighted by Gasteiger charge is -2.13. The summed E-state index contributed by atoms with van der Waals surface area (Å²) < 4.78 is 15.5. The van der Waals surface area contributed by atoms with E-state index in [1.54, 1.807) is 20.4 Å². The molecule has 0 radical (unpaired) electrons. The van der Waals surface area contributed by atoms with Crippen molar-refractivity contribution in [3.05, 3.63) is 23.9 Å². The van der Waals surface area contributed by atoms with Gasteiger partial charge in [0.25, 0.3) is 0 Å². The third-order valence-electron chi connectivity index (χ3n) is 2.51. The van der Waals surface area contributed by atoms with Crippen molar-refractivity contribution in [2.24, 2.45) is 0 Å². The maximum Gasteiger partial charge on any atom is 0.230 e. The van der Waals surface area contributed by atoms with E-state index in [2.05, 4.69) is 5.16 Å². The van der Waals surface area contributed by atoms with Crippen molar-refractivity contribution in [2.45, 2.75) is 6.92 Å². The molecular weight excluding hydrogens is 220 g/mol. The second kappa shape index (κ2) is 4.37. The van der Waals surface area contributed by atoms with Crippen LogP contribution in [0.1, 0.15) is 5.56 Å². The number of hydrogen-bond acceptors (Lipinski definition) is 5. The van der Waals surface area contributed by atoms with Gasteiger partial charge in [-0.1, -0.05) is 5.16 Å². The first-order valence-electron chi connectivity index (χ1n) is 5.10. The zero-order valence-electron chi connectivity index (χ0n) is 9.98. The fourth-order valence-electron chi connectivity index (χ4n) is 1.75. The zero-order valence-corrected chi connectivity index (χ0v) is 9.98. The van der Waals surface area contributed by atoms with Gasteiger partial charge >= 0.3 is 0 Å². The SMILES string of the molecule is COc1cc(C)cc(-c2cnoc2N)c1OC. The predicted molar refractivity (Wildman–Crippen MR) is 64.2 cm³/mol. The molecule has 1 aromatic heterocycles. The molecule has 5 nitrogen and oxygen atoms in total. The Morgan fingerprint density at radius 2 is 1.94 bits per heavy atom. The first kappa shape index (κ1) is 11.3. The van der Waals surface area contributed by atoms with Gasteiger partial charge in [0.15, 0.2) is 11.5 Å². The van der Waals surface area contributed by atoms with Crippen molar-refractivity contribution in [1.29, 1.82) is 0 Å². The van der Waals surface area contributed by atoms with E-state index in [-0.39, 0.29) is 5.88 Å². The summed E-state index contributed by atoms with van der Waals surface area (Å²) in [7, 11) is 3.18. The molecule has 0 saturated heterocycles. The summed E-state index contributed by atoms with van der Waals surface area (Å²) in [4.78, 5) is 0. The van der Waals surface area contributed by atoms with E-state index in [0.717, 1.165) is 11.1 Å². The highest BCUT2D eigenvalue weighted by Crippen LogP contribution is 2.40. The van der Waals surface area contributed by atoms with Gasteiger partial charge in [-0.2, -0.15) is 0 Å². The van der Waals surface area contributed by atoms with Crippen molar-refractivity contribution in [3.63, 3.8) is 0 Å². The van der Waals surface area contributed by atoms with Gasteiger partial charge in [0, 0.05) is 5.56 Å². The Bertz CT molecular complexity index is 535. The van der Waals surface area contributed by atoms with Gasteiger partial charge in [0.1, 0.15) is 0 Å². The summed E-state index contributed by atoms with van der Waals surface area (Å²) in [5, 5.41) is 3.66. The van der Waals surface area contributed by atoms with Crippen LogP contribution in [0.5, 0.6) is 11.5 Å². The fourth-order valence-corrected chi connectivity index (χ4v) is 1.75. The van der Waals surface area contributed by atoms with Gasteiger partial charge in [-0.15, -0.1) is 0 Å². The molecule has 0 saturated carbocycles. The lowest BCUT2D eigenvalue weighted by molar-refractivity contribution is 0.356. The minimum absolute atomic E-state index is 0.260. The monoisotopic (exact) mass is 234 g/mol. The molecule has 0 atom stereocenters. The maximum atomic E-state index is 5.71. The molecule has 0 aliphatic heterocycles. The lowest BCUT2D eigenvalue weighted by atomic mass is 10.0. The minimum Gasteiger partial charge on any atom is -0.493 e. The highest BCUT2D eigenvalue weighted by atomic mass is 16.5. The molecule has 0 fully saturated rings. The number of nitrogens with two attached hydrogens (primary N) is 1. The molecule has 0 aliphatic rings. The quantitative estimate of drug-likeness (QED) is 0.881. The van der Waals surface area contributed by atoms with Gasteiger partial charge in [0.05, 0.1) is 26.0 Å². The summed E-state index contributed by atoms with van der Waals surface area (Å²) in [6, 6.07) is 3.84. The largest absolute Gasteiger partial charge is 0.493 e. The van der Waals surface area contributed by atoms with E-state index in [4.69, 9.17) is 19.7 Å². The van der Waals surface area contributed by atoms with Crippen LogP contribution in [0.25, 0.3) is 11.1 Å². The molecule has 1 heterocycles. The standard InChI is InChI=1S/C12H14N2O3/c1-7-4-8(9-6-14-17-12(9)13)11(16-3)10(5-7)15-2/h4-6H,13H2,1-3H3. The normalized spacial score (nSPS) is 10.3. The molecule has 0 aliphatic carbocycles. The van der Waals surface area contributed by atoms with Crippen LogP contribution in [0.3, 0.4) is 0 Å². The third kappa shape index (κ3) is 1.91.